The molecule has 15 heavy (non-hydrogen) atoms. The number of halogens is 1. The fraction of sp³-hybridized carbons (Fsp3) is 0.500. The molecule has 0 aromatic heterocycles. The molecule has 1 N–H and O–H groups in total. The lowest BCUT2D eigenvalue weighted by Gasteiger charge is -2.15. The second-order valence-corrected chi connectivity index (χ2v) is 4.37. The molecule has 0 saturated heterocycles. The van der Waals surface area contributed by atoms with Crippen molar-refractivity contribution in [2.75, 3.05) is 6.54 Å². The van der Waals surface area contributed by atoms with E-state index in [0.717, 1.165) is 23.7 Å². The molecule has 2 atom stereocenters. The van der Waals surface area contributed by atoms with E-state index >= 15 is 0 Å². The standard InChI is InChI=1S/C12H16ClNO/c1-3-6-14-12-8(2)15-11-7-9(13)4-5-10(11)12/h4-5,7-8,12,14H,3,6H2,1-2H3. The van der Waals surface area contributed by atoms with Gasteiger partial charge in [-0.25, -0.2) is 0 Å². The zero-order valence-corrected chi connectivity index (χ0v) is 9.84. The first-order valence-electron chi connectivity index (χ1n) is 5.42. The molecule has 0 fully saturated rings. The van der Waals surface area contributed by atoms with Crippen LogP contribution in [0.2, 0.25) is 5.02 Å². The highest BCUT2D eigenvalue weighted by Gasteiger charge is 2.30. The Kier molecular flexibility index (Phi) is 3.17. The van der Waals surface area contributed by atoms with Gasteiger partial charge in [0, 0.05) is 10.6 Å². The first-order chi connectivity index (χ1) is 7.22. The Balaban J connectivity index is 2.21. The van der Waals surface area contributed by atoms with Crippen molar-refractivity contribution >= 4 is 11.6 Å². The summed E-state index contributed by atoms with van der Waals surface area (Å²) in [5.74, 6) is 0.920. The van der Waals surface area contributed by atoms with E-state index in [1.807, 2.05) is 12.1 Å². The molecule has 1 aliphatic rings. The van der Waals surface area contributed by atoms with Crippen LogP contribution in [0.4, 0.5) is 0 Å². The van der Waals surface area contributed by atoms with E-state index in [1.54, 1.807) is 0 Å². The van der Waals surface area contributed by atoms with Crippen LogP contribution in [-0.4, -0.2) is 12.6 Å². The summed E-state index contributed by atoms with van der Waals surface area (Å²) < 4.78 is 5.75. The highest BCUT2D eigenvalue weighted by Crippen LogP contribution is 2.37. The Morgan fingerprint density at radius 2 is 2.27 bits per heavy atom. The molecule has 1 heterocycles. The van der Waals surface area contributed by atoms with Gasteiger partial charge in [0.15, 0.2) is 0 Å². The first kappa shape index (κ1) is 10.8. The quantitative estimate of drug-likeness (QED) is 0.853. The molecular weight excluding hydrogens is 210 g/mol. The minimum absolute atomic E-state index is 0.185. The van der Waals surface area contributed by atoms with Crippen molar-refractivity contribution in [2.45, 2.75) is 32.4 Å². The second kappa shape index (κ2) is 4.42. The van der Waals surface area contributed by atoms with Gasteiger partial charge in [0.05, 0.1) is 6.04 Å². The van der Waals surface area contributed by atoms with E-state index in [1.165, 1.54) is 5.56 Å². The van der Waals surface area contributed by atoms with Crippen molar-refractivity contribution in [1.29, 1.82) is 0 Å². The van der Waals surface area contributed by atoms with Crippen LogP contribution >= 0.6 is 11.6 Å². The minimum atomic E-state index is 0.185. The van der Waals surface area contributed by atoms with Gasteiger partial charge >= 0.3 is 0 Å². The molecule has 0 bridgehead atoms. The fourth-order valence-corrected chi connectivity index (χ4v) is 2.13. The number of hydrogen-bond acceptors (Lipinski definition) is 2. The third kappa shape index (κ3) is 2.11. The molecule has 0 spiro atoms. The van der Waals surface area contributed by atoms with Gasteiger partial charge in [-0.15, -0.1) is 0 Å². The fourth-order valence-electron chi connectivity index (χ4n) is 1.96. The van der Waals surface area contributed by atoms with Gasteiger partial charge in [-0.1, -0.05) is 24.6 Å². The minimum Gasteiger partial charge on any atom is -0.488 e. The van der Waals surface area contributed by atoms with Crippen LogP contribution in [0.3, 0.4) is 0 Å². The maximum absolute atomic E-state index is 5.92. The predicted molar refractivity (Wildman–Crippen MR) is 62.6 cm³/mol. The first-order valence-corrected chi connectivity index (χ1v) is 5.79. The van der Waals surface area contributed by atoms with E-state index in [9.17, 15) is 0 Å². The zero-order chi connectivity index (χ0) is 10.8. The maximum atomic E-state index is 5.92. The van der Waals surface area contributed by atoms with Gasteiger partial charge in [-0.2, -0.15) is 0 Å². The van der Waals surface area contributed by atoms with E-state index in [4.69, 9.17) is 16.3 Å². The molecule has 2 rings (SSSR count). The third-order valence-corrected chi connectivity index (χ3v) is 2.94. The molecule has 2 nitrogen and oxygen atoms in total. The Morgan fingerprint density at radius 3 is 3.00 bits per heavy atom. The lowest BCUT2D eigenvalue weighted by Crippen LogP contribution is -2.29. The molecular formula is C12H16ClNO. The van der Waals surface area contributed by atoms with E-state index in [0.29, 0.717) is 6.04 Å². The summed E-state index contributed by atoms with van der Waals surface area (Å²) in [5.41, 5.74) is 1.22. The Hall–Kier alpha value is -0.730. The van der Waals surface area contributed by atoms with Crippen molar-refractivity contribution in [3.63, 3.8) is 0 Å². The number of hydrogen-bond donors (Lipinski definition) is 1. The van der Waals surface area contributed by atoms with Gasteiger partial charge in [-0.05, 0) is 32.0 Å². The van der Waals surface area contributed by atoms with Crippen molar-refractivity contribution in [2.24, 2.45) is 0 Å². The predicted octanol–water partition coefficient (Wildman–Crippen LogP) is 3.16. The number of ether oxygens (including phenoxy) is 1. The average molecular weight is 226 g/mol. The summed E-state index contributed by atoms with van der Waals surface area (Å²) >= 11 is 5.92. The van der Waals surface area contributed by atoms with Gasteiger partial charge in [0.25, 0.3) is 0 Å². The lowest BCUT2D eigenvalue weighted by molar-refractivity contribution is 0.210. The number of nitrogens with one attached hydrogen (secondary N) is 1. The number of fused-ring (bicyclic) bond motifs is 1. The molecule has 1 aromatic rings. The van der Waals surface area contributed by atoms with Crippen LogP contribution in [0.5, 0.6) is 5.75 Å². The Bertz CT molecular complexity index is 353. The second-order valence-electron chi connectivity index (χ2n) is 3.94. The molecule has 1 aromatic carbocycles. The van der Waals surface area contributed by atoms with Gasteiger partial charge in [-0.3, -0.25) is 0 Å². The van der Waals surface area contributed by atoms with Crippen molar-refractivity contribution in [3.05, 3.63) is 28.8 Å². The van der Waals surface area contributed by atoms with Crippen LogP contribution in [-0.2, 0) is 0 Å². The molecule has 82 valence electrons. The highest BCUT2D eigenvalue weighted by atomic mass is 35.5. The summed E-state index contributed by atoms with van der Waals surface area (Å²) in [6.07, 6.45) is 1.32. The number of benzene rings is 1. The Labute approximate surface area is 95.6 Å². The summed E-state index contributed by atoms with van der Waals surface area (Å²) in [5, 5.41) is 4.22. The smallest absolute Gasteiger partial charge is 0.126 e. The molecule has 3 heteroatoms. The van der Waals surface area contributed by atoms with Crippen LogP contribution in [0, 0.1) is 0 Å². The van der Waals surface area contributed by atoms with E-state index < -0.39 is 0 Å². The molecule has 0 amide bonds. The highest BCUT2D eigenvalue weighted by molar-refractivity contribution is 6.30. The van der Waals surface area contributed by atoms with Crippen LogP contribution in [0.15, 0.2) is 18.2 Å². The lowest BCUT2D eigenvalue weighted by atomic mass is 10.0. The summed E-state index contributed by atoms with van der Waals surface area (Å²) in [7, 11) is 0. The van der Waals surface area contributed by atoms with Crippen molar-refractivity contribution in [1.82, 2.24) is 5.32 Å². The number of rotatable bonds is 3. The average Bonchev–Trinajstić information content (AvgIpc) is 2.50. The largest absolute Gasteiger partial charge is 0.488 e. The van der Waals surface area contributed by atoms with E-state index in [-0.39, 0.29) is 6.10 Å². The monoisotopic (exact) mass is 225 g/mol. The van der Waals surface area contributed by atoms with Gasteiger partial charge < -0.3 is 10.1 Å². The van der Waals surface area contributed by atoms with Crippen molar-refractivity contribution < 1.29 is 4.74 Å². The zero-order valence-electron chi connectivity index (χ0n) is 9.09. The Morgan fingerprint density at radius 1 is 1.47 bits per heavy atom. The molecule has 0 aliphatic carbocycles. The normalized spacial score (nSPS) is 23.7. The maximum Gasteiger partial charge on any atom is 0.126 e. The molecule has 1 aliphatic heterocycles. The van der Waals surface area contributed by atoms with E-state index in [2.05, 4.69) is 25.2 Å². The summed E-state index contributed by atoms with van der Waals surface area (Å²) in [4.78, 5) is 0. The third-order valence-electron chi connectivity index (χ3n) is 2.71. The SMILES string of the molecule is CCCNC1c2ccc(Cl)cc2OC1C. The summed E-state index contributed by atoms with van der Waals surface area (Å²) in [6, 6.07) is 6.16. The summed E-state index contributed by atoms with van der Waals surface area (Å²) in [6.45, 7) is 5.26. The van der Waals surface area contributed by atoms with Crippen molar-refractivity contribution in [3.8, 4) is 5.75 Å². The van der Waals surface area contributed by atoms with Crippen LogP contribution < -0.4 is 10.1 Å². The molecule has 0 radical (unpaired) electrons. The van der Waals surface area contributed by atoms with Crippen LogP contribution in [0.1, 0.15) is 31.9 Å². The molecule has 0 saturated carbocycles. The van der Waals surface area contributed by atoms with Gasteiger partial charge in [0.1, 0.15) is 11.9 Å². The molecule has 2 unspecified atom stereocenters. The van der Waals surface area contributed by atoms with Gasteiger partial charge in [0.2, 0.25) is 0 Å². The topological polar surface area (TPSA) is 21.3 Å². The van der Waals surface area contributed by atoms with Crippen LogP contribution in [0.25, 0.3) is 0 Å².